The van der Waals surface area contributed by atoms with E-state index in [1.54, 1.807) is 18.8 Å². The van der Waals surface area contributed by atoms with Crippen LogP contribution in [0.15, 0.2) is 52.5 Å². The number of thioether (sulfide) groups is 1. The normalized spacial score (nSPS) is 11.7. The van der Waals surface area contributed by atoms with Crippen LogP contribution in [-0.2, 0) is 13.0 Å². The third-order valence-electron chi connectivity index (χ3n) is 4.37. The molecule has 0 amide bonds. The van der Waals surface area contributed by atoms with Crippen LogP contribution in [0.25, 0.3) is 5.65 Å². The maximum atomic E-state index is 4.32. The Morgan fingerprint density at radius 3 is 2.89 bits per heavy atom. The molecule has 27 heavy (non-hydrogen) atoms. The van der Waals surface area contributed by atoms with Crippen molar-refractivity contribution in [2.75, 3.05) is 19.8 Å². The Bertz CT molecular complexity index is 918. The summed E-state index contributed by atoms with van der Waals surface area (Å²) in [4.78, 5) is 5.62. The maximum Gasteiger partial charge on any atom is 0.191 e. The highest BCUT2D eigenvalue weighted by atomic mass is 32.2. The average Bonchev–Trinajstić information content (AvgIpc) is 3.11. The van der Waals surface area contributed by atoms with Crippen LogP contribution in [0.2, 0.25) is 0 Å². The van der Waals surface area contributed by atoms with E-state index in [1.807, 2.05) is 28.8 Å². The lowest BCUT2D eigenvalue weighted by molar-refractivity contribution is 0.713. The van der Waals surface area contributed by atoms with Crippen LogP contribution in [0, 0.1) is 6.92 Å². The standard InChI is InChI=1S/C20H26N6S/c1-15-9-10-16(17(13-15)27-3)14-23-20(21-2)22-11-6-8-19-25-24-18-7-4-5-12-26(18)19/h4-5,7,9-10,12-13H,6,8,11,14H2,1-3H3,(H2,21,22,23). The number of aliphatic imine (C=N–C) groups is 1. The minimum Gasteiger partial charge on any atom is -0.356 e. The Kier molecular flexibility index (Phi) is 6.70. The van der Waals surface area contributed by atoms with E-state index < -0.39 is 0 Å². The molecule has 1 aromatic carbocycles. The molecule has 2 N–H and O–H groups in total. The Labute approximate surface area is 164 Å². The zero-order chi connectivity index (χ0) is 19.1. The van der Waals surface area contributed by atoms with Crippen LogP contribution in [0.5, 0.6) is 0 Å². The van der Waals surface area contributed by atoms with Gasteiger partial charge in [0.1, 0.15) is 5.82 Å². The van der Waals surface area contributed by atoms with E-state index in [4.69, 9.17) is 0 Å². The van der Waals surface area contributed by atoms with E-state index in [9.17, 15) is 0 Å². The molecule has 0 aliphatic carbocycles. The van der Waals surface area contributed by atoms with E-state index in [0.29, 0.717) is 0 Å². The third-order valence-corrected chi connectivity index (χ3v) is 5.19. The topological polar surface area (TPSA) is 66.6 Å². The van der Waals surface area contributed by atoms with Gasteiger partial charge in [-0.3, -0.25) is 9.39 Å². The number of aromatic nitrogens is 3. The molecule has 3 rings (SSSR count). The van der Waals surface area contributed by atoms with E-state index in [0.717, 1.165) is 43.4 Å². The average molecular weight is 383 g/mol. The van der Waals surface area contributed by atoms with E-state index >= 15 is 0 Å². The summed E-state index contributed by atoms with van der Waals surface area (Å²) in [5.74, 6) is 1.80. The second kappa shape index (κ2) is 9.41. The molecule has 0 aliphatic heterocycles. The number of nitrogens with one attached hydrogen (secondary N) is 2. The minimum atomic E-state index is 0.755. The van der Waals surface area contributed by atoms with Crippen LogP contribution < -0.4 is 10.6 Å². The molecule has 0 fully saturated rings. The number of aryl methyl sites for hydroxylation is 2. The first-order chi connectivity index (χ1) is 13.2. The largest absolute Gasteiger partial charge is 0.356 e. The van der Waals surface area contributed by atoms with Gasteiger partial charge in [-0.1, -0.05) is 18.2 Å². The number of rotatable bonds is 7. The third kappa shape index (κ3) is 5.01. The van der Waals surface area contributed by atoms with E-state index in [2.05, 4.69) is 57.2 Å². The first-order valence-electron chi connectivity index (χ1n) is 9.08. The summed E-state index contributed by atoms with van der Waals surface area (Å²) in [6, 6.07) is 12.5. The summed E-state index contributed by atoms with van der Waals surface area (Å²) in [5.41, 5.74) is 3.46. The highest BCUT2D eigenvalue weighted by Gasteiger charge is 2.06. The van der Waals surface area contributed by atoms with Crippen LogP contribution in [0.4, 0.5) is 0 Å². The molecule has 0 unspecified atom stereocenters. The molecule has 0 saturated carbocycles. The van der Waals surface area contributed by atoms with Crippen molar-refractivity contribution in [3.8, 4) is 0 Å². The van der Waals surface area contributed by atoms with Crippen molar-refractivity contribution in [1.82, 2.24) is 25.2 Å². The molecular formula is C20H26N6S. The lowest BCUT2D eigenvalue weighted by Crippen LogP contribution is -2.37. The first-order valence-corrected chi connectivity index (χ1v) is 10.3. The van der Waals surface area contributed by atoms with Crippen molar-refractivity contribution < 1.29 is 0 Å². The fourth-order valence-corrected chi connectivity index (χ4v) is 3.62. The first kappa shape index (κ1) is 19.2. The van der Waals surface area contributed by atoms with Crippen molar-refractivity contribution in [1.29, 1.82) is 0 Å². The molecule has 6 nitrogen and oxygen atoms in total. The predicted octanol–water partition coefficient (Wildman–Crippen LogP) is 3.06. The van der Waals surface area contributed by atoms with Crippen molar-refractivity contribution in [3.05, 3.63) is 59.5 Å². The number of hydrogen-bond donors (Lipinski definition) is 2. The maximum absolute atomic E-state index is 4.32. The Hall–Kier alpha value is -2.54. The molecule has 0 aliphatic rings. The molecule has 142 valence electrons. The lowest BCUT2D eigenvalue weighted by atomic mass is 10.1. The van der Waals surface area contributed by atoms with Gasteiger partial charge in [-0.2, -0.15) is 0 Å². The quantitative estimate of drug-likeness (QED) is 0.285. The minimum absolute atomic E-state index is 0.755. The van der Waals surface area contributed by atoms with Crippen LogP contribution in [0.1, 0.15) is 23.4 Å². The Balaban J connectivity index is 1.47. The van der Waals surface area contributed by atoms with Crippen LogP contribution in [0.3, 0.4) is 0 Å². The smallest absolute Gasteiger partial charge is 0.191 e. The van der Waals surface area contributed by atoms with Gasteiger partial charge < -0.3 is 10.6 Å². The molecule has 0 atom stereocenters. The van der Waals surface area contributed by atoms with E-state index in [-0.39, 0.29) is 0 Å². The summed E-state index contributed by atoms with van der Waals surface area (Å²) in [6.45, 7) is 3.70. The van der Waals surface area contributed by atoms with Gasteiger partial charge in [-0.25, -0.2) is 0 Å². The molecule has 2 heterocycles. The Morgan fingerprint density at radius 1 is 1.19 bits per heavy atom. The van der Waals surface area contributed by atoms with Crippen LogP contribution >= 0.6 is 11.8 Å². The van der Waals surface area contributed by atoms with Gasteiger partial charge in [0, 0.05) is 37.7 Å². The number of pyridine rings is 1. The summed E-state index contributed by atoms with van der Waals surface area (Å²) >= 11 is 1.77. The number of benzene rings is 1. The summed E-state index contributed by atoms with van der Waals surface area (Å²) in [7, 11) is 1.80. The lowest BCUT2D eigenvalue weighted by Gasteiger charge is -2.14. The molecule has 7 heteroatoms. The molecule has 0 saturated heterocycles. The van der Waals surface area contributed by atoms with E-state index in [1.165, 1.54) is 16.0 Å². The second-order valence-electron chi connectivity index (χ2n) is 6.32. The highest BCUT2D eigenvalue weighted by molar-refractivity contribution is 7.98. The molecular weight excluding hydrogens is 356 g/mol. The summed E-state index contributed by atoms with van der Waals surface area (Å²) < 4.78 is 2.04. The summed E-state index contributed by atoms with van der Waals surface area (Å²) in [5, 5.41) is 15.2. The number of nitrogens with zero attached hydrogens (tertiary/aromatic N) is 4. The van der Waals surface area contributed by atoms with Gasteiger partial charge in [0.2, 0.25) is 0 Å². The van der Waals surface area contributed by atoms with Gasteiger partial charge >= 0.3 is 0 Å². The SMILES string of the molecule is CN=C(NCCCc1nnc2ccccn12)NCc1ccc(C)cc1SC. The molecule has 0 radical (unpaired) electrons. The number of hydrogen-bond acceptors (Lipinski definition) is 4. The molecule has 3 aromatic rings. The number of guanidine groups is 1. The van der Waals surface area contributed by atoms with Crippen molar-refractivity contribution in [2.24, 2.45) is 4.99 Å². The van der Waals surface area contributed by atoms with Crippen molar-refractivity contribution in [2.45, 2.75) is 31.2 Å². The van der Waals surface area contributed by atoms with Crippen molar-refractivity contribution >= 4 is 23.4 Å². The van der Waals surface area contributed by atoms with Gasteiger partial charge in [0.15, 0.2) is 11.6 Å². The predicted molar refractivity (Wildman–Crippen MR) is 112 cm³/mol. The molecule has 0 bridgehead atoms. The zero-order valence-corrected chi connectivity index (χ0v) is 16.9. The van der Waals surface area contributed by atoms with Gasteiger partial charge in [0.25, 0.3) is 0 Å². The Morgan fingerprint density at radius 2 is 2.07 bits per heavy atom. The fraction of sp³-hybridized carbons (Fsp3) is 0.350. The zero-order valence-electron chi connectivity index (χ0n) is 16.1. The van der Waals surface area contributed by atoms with Gasteiger partial charge in [-0.15, -0.1) is 22.0 Å². The van der Waals surface area contributed by atoms with Gasteiger partial charge in [-0.05, 0) is 48.9 Å². The van der Waals surface area contributed by atoms with Crippen LogP contribution in [-0.4, -0.2) is 40.4 Å². The number of fused-ring (bicyclic) bond motifs is 1. The summed E-state index contributed by atoms with van der Waals surface area (Å²) in [6.07, 6.45) is 5.93. The molecule has 2 aromatic heterocycles. The highest BCUT2D eigenvalue weighted by Crippen LogP contribution is 2.21. The van der Waals surface area contributed by atoms with Crippen molar-refractivity contribution in [3.63, 3.8) is 0 Å². The molecule has 0 spiro atoms. The second-order valence-corrected chi connectivity index (χ2v) is 7.16. The van der Waals surface area contributed by atoms with Gasteiger partial charge in [0.05, 0.1) is 0 Å². The monoisotopic (exact) mass is 382 g/mol. The fourth-order valence-electron chi connectivity index (χ4n) is 2.91.